The summed E-state index contributed by atoms with van der Waals surface area (Å²) < 4.78 is 48.8. The number of halogens is 3. The Morgan fingerprint density at radius 3 is 2.59 bits per heavy atom. The Morgan fingerprint density at radius 1 is 1.41 bits per heavy atom. The first-order valence-electron chi connectivity index (χ1n) is 6.47. The normalized spacial score (nSPS) is 22.1. The van der Waals surface area contributed by atoms with E-state index in [0.717, 1.165) is 4.90 Å². The fourth-order valence-corrected chi connectivity index (χ4v) is 2.46. The minimum absolute atomic E-state index is 0.0990. The number of rotatable bonds is 4. The van der Waals surface area contributed by atoms with Crippen molar-refractivity contribution in [2.24, 2.45) is 17.6 Å². The van der Waals surface area contributed by atoms with Gasteiger partial charge in [0.05, 0.1) is 11.8 Å². The molecule has 1 aromatic heterocycles. The van der Waals surface area contributed by atoms with Gasteiger partial charge in [-0.15, -0.1) is 0 Å². The van der Waals surface area contributed by atoms with Crippen LogP contribution in [0, 0.1) is 11.8 Å². The van der Waals surface area contributed by atoms with E-state index in [0.29, 0.717) is 5.76 Å². The van der Waals surface area contributed by atoms with Crippen molar-refractivity contribution in [3.8, 4) is 0 Å². The number of hydrogen-bond acceptors (Lipinski definition) is 4. The number of methoxy groups -OCH3 is 1. The third kappa shape index (κ3) is 3.24. The summed E-state index contributed by atoms with van der Waals surface area (Å²) in [6.07, 6.45) is -4.60. The smallest absolute Gasteiger partial charge is 0.394 e. The molecule has 2 N–H and O–H groups in total. The van der Waals surface area contributed by atoms with Crippen molar-refractivity contribution in [1.29, 1.82) is 0 Å². The Kier molecular flexibility index (Phi) is 4.45. The number of ether oxygens (including phenoxy) is 1. The van der Waals surface area contributed by atoms with E-state index in [1.54, 1.807) is 0 Å². The zero-order valence-corrected chi connectivity index (χ0v) is 11.7. The van der Waals surface area contributed by atoms with Crippen LogP contribution in [-0.4, -0.2) is 43.1 Å². The van der Waals surface area contributed by atoms with Crippen molar-refractivity contribution >= 4 is 11.8 Å². The van der Waals surface area contributed by atoms with E-state index in [2.05, 4.69) is 0 Å². The molecule has 0 aliphatic carbocycles. The third-order valence-electron chi connectivity index (χ3n) is 3.55. The first-order chi connectivity index (χ1) is 10.2. The summed E-state index contributed by atoms with van der Waals surface area (Å²) in [6, 6.07) is 2.86. The lowest BCUT2D eigenvalue weighted by atomic mass is 9.95. The predicted octanol–water partition coefficient (Wildman–Crippen LogP) is 1.16. The monoisotopic (exact) mass is 320 g/mol. The number of carbonyl (C=O) groups excluding carboxylic acids is 2. The molecule has 0 unspecified atom stereocenters. The van der Waals surface area contributed by atoms with Crippen LogP contribution in [0.15, 0.2) is 16.5 Å². The molecule has 1 aliphatic heterocycles. The topological polar surface area (TPSA) is 85.8 Å². The van der Waals surface area contributed by atoms with Gasteiger partial charge in [-0.05, 0) is 12.1 Å². The van der Waals surface area contributed by atoms with Crippen LogP contribution >= 0.6 is 0 Å². The SMILES string of the molecule is COCc1ccc(C(=O)N2C[C@@H](C(F)(F)F)[C@H](C(N)=O)C2)o1. The Bertz CT molecular complexity index is 570. The number of amides is 2. The van der Waals surface area contributed by atoms with E-state index in [1.165, 1.54) is 19.2 Å². The molecular formula is C13H15F3N2O4. The lowest BCUT2D eigenvalue weighted by Crippen LogP contribution is -2.37. The van der Waals surface area contributed by atoms with Crippen molar-refractivity contribution in [2.75, 3.05) is 20.2 Å². The van der Waals surface area contributed by atoms with Gasteiger partial charge >= 0.3 is 6.18 Å². The zero-order chi connectivity index (χ0) is 16.5. The van der Waals surface area contributed by atoms with Gasteiger partial charge in [0.1, 0.15) is 12.4 Å². The molecule has 6 nitrogen and oxygen atoms in total. The van der Waals surface area contributed by atoms with Gasteiger partial charge in [0.15, 0.2) is 5.76 Å². The summed E-state index contributed by atoms with van der Waals surface area (Å²) in [5.74, 6) is -4.90. The lowest BCUT2D eigenvalue weighted by Gasteiger charge is -2.18. The standard InChI is InChI=1S/C13H15F3N2O4/c1-21-6-7-2-3-10(22-7)12(20)18-4-8(11(17)19)9(5-18)13(14,15)16/h2-3,8-9H,4-6H2,1H3,(H2,17,19)/t8-,9-/m1/s1. The fourth-order valence-electron chi connectivity index (χ4n) is 2.46. The number of primary amides is 1. The average Bonchev–Trinajstić information content (AvgIpc) is 3.04. The van der Waals surface area contributed by atoms with Crippen LogP contribution in [0.3, 0.4) is 0 Å². The summed E-state index contributed by atoms with van der Waals surface area (Å²) in [4.78, 5) is 24.3. The lowest BCUT2D eigenvalue weighted by molar-refractivity contribution is -0.182. The molecule has 2 atom stereocenters. The number of carbonyl (C=O) groups is 2. The molecule has 2 heterocycles. The van der Waals surface area contributed by atoms with Gasteiger partial charge in [-0.1, -0.05) is 0 Å². The predicted molar refractivity (Wildman–Crippen MR) is 67.6 cm³/mol. The highest BCUT2D eigenvalue weighted by Gasteiger charge is 2.53. The minimum Gasteiger partial charge on any atom is -0.453 e. The summed E-state index contributed by atoms with van der Waals surface area (Å²) >= 11 is 0. The Labute approximate surface area is 124 Å². The maximum absolute atomic E-state index is 12.9. The van der Waals surface area contributed by atoms with E-state index in [1.807, 2.05) is 0 Å². The molecule has 0 bridgehead atoms. The van der Waals surface area contributed by atoms with E-state index < -0.39 is 36.4 Å². The average molecular weight is 320 g/mol. The Morgan fingerprint density at radius 2 is 2.09 bits per heavy atom. The number of alkyl halides is 3. The van der Waals surface area contributed by atoms with Crippen molar-refractivity contribution in [3.05, 3.63) is 23.7 Å². The number of nitrogens with zero attached hydrogens (tertiary/aromatic N) is 1. The van der Waals surface area contributed by atoms with Crippen LogP contribution in [0.4, 0.5) is 13.2 Å². The molecule has 0 aromatic carbocycles. The van der Waals surface area contributed by atoms with E-state index in [9.17, 15) is 22.8 Å². The van der Waals surface area contributed by atoms with E-state index in [4.69, 9.17) is 14.9 Å². The quantitative estimate of drug-likeness (QED) is 0.902. The number of nitrogens with two attached hydrogens (primary N) is 1. The molecule has 2 rings (SSSR count). The molecule has 0 saturated carbocycles. The van der Waals surface area contributed by atoms with Gasteiger partial charge in [-0.3, -0.25) is 9.59 Å². The van der Waals surface area contributed by atoms with Crippen molar-refractivity contribution in [2.45, 2.75) is 12.8 Å². The van der Waals surface area contributed by atoms with E-state index >= 15 is 0 Å². The van der Waals surface area contributed by atoms with Crippen LogP contribution < -0.4 is 5.73 Å². The molecule has 122 valence electrons. The van der Waals surface area contributed by atoms with Crippen molar-refractivity contribution < 1.29 is 31.9 Å². The second-order valence-electron chi connectivity index (χ2n) is 5.07. The van der Waals surface area contributed by atoms with Crippen LogP contribution in [0.2, 0.25) is 0 Å². The highest BCUT2D eigenvalue weighted by molar-refractivity contribution is 5.92. The van der Waals surface area contributed by atoms with Crippen LogP contribution in [0.25, 0.3) is 0 Å². The zero-order valence-electron chi connectivity index (χ0n) is 11.7. The van der Waals surface area contributed by atoms with Crippen molar-refractivity contribution in [1.82, 2.24) is 4.90 Å². The highest BCUT2D eigenvalue weighted by atomic mass is 19.4. The van der Waals surface area contributed by atoms with Crippen LogP contribution in [0.5, 0.6) is 0 Å². The van der Waals surface area contributed by atoms with Gasteiger partial charge in [-0.25, -0.2) is 0 Å². The molecule has 2 amide bonds. The minimum atomic E-state index is -4.60. The molecule has 22 heavy (non-hydrogen) atoms. The van der Waals surface area contributed by atoms with Gasteiger partial charge in [0, 0.05) is 20.2 Å². The molecular weight excluding hydrogens is 305 g/mol. The molecule has 1 saturated heterocycles. The Balaban J connectivity index is 2.15. The third-order valence-corrected chi connectivity index (χ3v) is 3.55. The Hall–Kier alpha value is -2.03. The van der Waals surface area contributed by atoms with E-state index in [-0.39, 0.29) is 18.9 Å². The fraction of sp³-hybridized carbons (Fsp3) is 0.538. The number of likely N-dealkylation sites (tertiary alicyclic amines) is 1. The van der Waals surface area contributed by atoms with Gasteiger partial charge < -0.3 is 19.8 Å². The second kappa shape index (κ2) is 5.99. The van der Waals surface area contributed by atoms with Crippen molar-refractivity contribution in [3.63, 3.8) is 0 Å². The highest BCUT2D eigenvalue weighted by Crippen LogP contribution is 2.38. The summed E-state index contributed by atoms with van der Waals surface area (Å²) in [6.45, 7) is -0.850. The largest absolute Gasteiger partial charge is 0.453 e. The molecule has 1 aromatic rings. The van der Waals surface area contributed by atoms with Crippen LogP contribution in [0.1, 0.15) is 16.3 Å². The maximum atomic E-state index is 12.9. The first kappa shape index (κ1) is 16.3. The summed E-state index contributed by atoms with van der Waals surface area (Å²) in [5.41, 5.74) is 5.01. The van der Waals surface area contributed by atoms with Gasteiger partial charge in [-0.2, -0.15) is 13.2 Å². The number of hydrogen-bond donors (Lipinski definition) is 1. The summed E-state index contributed by atoms with van der Waals surface area (Å²) in [7, 11) is 1.44. The molecule has 0 spiro atoms. The van der Waals surface area contributed by atoms with Gasteiger partial charge in [0.25, 0.3) is 5.91 Å². The number of furan rings is 1. The maximum Gasteiger partial charge on any atom is 0.394 e. The molecule has 1 fully saturated rings. The van der Waals surface area contributed by atoms with Gasteiger partial charge in [0.2, 0.25) is 5.91 Å². The molecule has 9 heteroatoms. The molecule has 1 aliphatic rings. The van der Waals surface area contributed by atoms with Crippen LogP contribution in [-0.2, 0) is 16.1 Å². The summed E-state index contributed by atoms with van der Waals surface area (Å²) in [5, 5.41) is 0. The second-order valence-corrected chi connectivity index (χ2v) is 5.07. The molecule has 0 radical (unpaired) electrons. The first-order valence-corrected chi connectivity index (χ1v) is 6.47.